The van der Waals surface area contributed by atoms with Crippen LogP contribution in [0, 0.1) is 17.2 Å². The van der Waals surface area contributed by atoms with Gasteiger partial charge in [-0.3, -0.25) is 4.98 Å². The number of carbonyl (C=O) groups excluding carboxylic acids is 2. The number of nitrogens with zero attached hydrogens (tertiary/aromatic N) is 4. The molecule has 0 saturated carbocycles. The summed E-state index contributed by atoms with van der Waals surface area (Å²) in [5.41, 5.74) is 1.42. The van der Waals surface area contributed by atoms with Crippen molar-refractivity contribution in [1.29, 1.82) is 5.26 Å². The molecule has 1 aromatic carbocycles. The fourth-order valence-corrected chi connectivity index (χ4v) is 4.23. The van der Waals surface area contributed by atoms with Crippen LogP contribution in [0.25, 0.3) is 12.2 Å². The normalized spacial score (nSPS) is 15.7. The number of carbonyl (C=O) groups is 2. The lowest BCUT2D eigenvalue weighted by molar-refractivity contribution is 0.0196. The standard InChI is InChI=1S/C30H38N4O5/c1-29(2,3)38-27(36)33-10-9-23(18-33)19-34(28(37)39-30(4,5)6)20-24-11-21(13-26(35)14-24)7-8-22-12-25(15-31)17-32-16-22/h7-8,11-14,16-17,23,35H,9-10,18-20H2,1-6H3/b8-7+. The smallest absolute Gasteiger partial charge is 0.410 e. The highest BCUT2D eigenvalue weighted by molar-refractivity contribution is 5.71. The zero-order valence-corrected chi connectivity index (χ0v) is 23.6. The number of ether oxygens (including phenoxy) is 2. The molecule has 0 bridgehead atoms. The molecule has 9 heteroatoms. The number of pyridine rings is 1. The van der Waals surface area contributed by atoms with E-state index in [-0.39, 0.29) is 24.3 Å². The van der Waals surface area contributed by atoms with Gasteiger partial charge in [-0.05, 0) is 94.8 Å². The molecule has 3 rings (SSSR count). The van der Waals surface area contributed by atoms with Crippen LogP contribution in [0.2, 0.25) is 0 Å². The Balaban J connectivity index is 1.77. The summed E-state index contributed by atoms with van der Waals surface area (Å²) in [5, 5.41) is 19.5. The van der Waals surface area contributed by atoms with Crippen LogP contribution in [0.15, 0.2) is 36.7 Å². The van der Waals surface area contributed by atoms with E-state index < -0.39 is 17.3 Å². The Morgan fingerprint density at radius 1 is 1.08 bits per heavy atom. The Bertz CT molecular complexity index is 1250. The minimum atomic E-state index is -0.674. The summed E-state index contributed by atoms with van der Waals surface area (Å²) in [4.78, 5) is 33.1. The molecule has 2 amide bonds. The molecule has 2 aromatic rings. The molecule has 1 atom stereocenters. The van der Waals surface area contributed by atoms with Gasteiger partial charge in [0.15, 0.2) is 0 Å². The van der Waals surface area contributed by atoms with Crippen molar-refractivity contribution in [3.63, 3.8) is 0 Å². The highest BCUT2D eigenvalue weighted by atomic mass is 16.6. The topological polar surface area (TPSA) is 116 Å². The van der Waals surface area contributed by atoms with Crippen LogP contribution in [0.1, 0.15) is 70.2 Å². The first kappa shape index (κ1) is 29.5. The maximum Gasteiger partial charge on any atom is 0.410 e. The van der Waals surface area contributed by atoms with E-state index in [4.69, 9.17) is 14.7 Å². The van der Waals surface area contributed by atoms with Crippen molar-refractivity contribution in [3.8, 4) is 11.8 Å². The average molecular weight is 535 g/mol. The molecule has 1 fully saturated rings. The predicted octanol–water partition coefficient (Wildman–Crippen LogP) is 5.82. The molecule has 1 aliphatic rings. The fourth-order valence-electron chi connectivity index (χ4n) is 4.23. The van der Waals surface area contributed by atoms with Crippen molar-refractivity contribution >= 4 is 24.3 Å². The van der Waals surface area contributed by atoms with Gasteiger partial charge in [0.25, 0.3) is 0 Å². The number of nitriles is 1. The quantitative estimate of drug-likeness (QED) is 0.496. The average Bonchev–Trinajstić information content (AvgIpc) is 3.29. The van der Waals surface area contributed by atoms with Gasteiger partial charge in [-0.1, -0.05) is 12.2 Å². The first-order valence-corrected chi connectivity index (χ1v) is 13.0. The zero-order valence-electron chi connectivity index (χ0n) is 23.6. The Kier molecular flexibility index (Phi) is 9.23. The van der Waals surface area contributed by atoms with Crippen molar-refractivity contribution in [2.24, 2.45) is 5.92 Å². The first-order valence-electron chi connectivity index (χ1n) is 13.0. The van der Waals surface area contributed by atoms with Crippen molar-refractivity contribution in [2.75, 3.05) is 19.6 Å². The summed E-state index contributed by atoms with van der Waals surface area (Å²) < 4.78 is 11.2. The first-order chi connectivity index (χ1) is 18.2. The number of amides is 2. The number of hydrogen-bond donors (Lipinski definition) is 1. The van der Waals surface area contributed by atoms with E-state index in [1.165, 1.54) is 6.20 Å². The molecule has 0 aliphatic carbocycles. The molecule has 1 unspecified atom stereocenters. The van der Waals surface area contributed by atoms with Crippen LogP contribution in [-0.4, -0.2) is 62.9 Å². The second-order valence-electron chi connectivity index (χ2n) is 11.8. The van der Waals surface area contributed by atoms with Gasteiger partial charge in [0.05, 0.1) is 5.56 Å². The van der Waals surface area contributed by atoms with Crippen LogP contribution < -0.4 is 0 Å². The summed E-state index contributed by atoms with van der Waals surface area (Å²) in [6.45, 7) is 12.6. The SMILES string of the molecule is CC(C)(C)OC(=O)N1CCC(CN(Cc2cc(O)cc(/C=C/c3cncc(C#N)c3)c2)C(=O)OC(C)(C)C)C1. The molecule has 1 saturated heterocycles. The van der Waals surface area contributed by atoms with Gasteiger partial charge in [-0.15, -0.1) is 0 Å². The van der Waals surface area contributed by atoms with Crippen LogP contribution in [0.5, 0.6) is 5.75 Å². The number of hydrogen-bond acceptors (Lipinski definition) is 7. The van der Waals surface area contributed by atoms with E-state index in [1.54, 1.807) is 34.2 Å². The minimum absolute atomic E-state index is 0.0571. The van der Waals surface area contributed by atoms with Crippen molar-refractivity contribution in [1.82, 2.24) is 14.8 Å². The van der Waals surface area contributed by atoms with Crippen LogP contribution >= 0.6 is 0 Å². The summed E-state index contributed by atoms with van der Waals surface area (Å²) in [7, 11) is 0. The number of rotatable bonds is 6. The molecule has 1 aromatic heterocycles. The molecular formula is C30H38N4O5. The van der Waals surface area contributed by atoms with Crippen LogP contribution in [0.3, 0.4) is 0 Å². The molecule has 0 spiro atoms. The van der Waals surface area contributed by atoms with E-state index in [2.05, 4.69) is 11.1 Å². The number of likely N-dealkylation sites (tertiary alicyclic amines) is 1. The number of aromatic nitrogens is 1. The third-order valence-electron chi connectivity index (χ3n) is 5.80. The lowest BCUT2D eigenvalue weighted by Crippen LogP contribution is -2.40. The molecule has 2 heterocycles. The number of aromatic hydroxyl groups is 1. The predicted molar refractivity (Wildman–Crippen MR) is 149 cm³/mol. The molecule has 1 aliphatic heterocycles. The summed E-state index contributed by atoms with van der Waals surface area (Å²) >= 11 is 0. The van der Waals surface area contributed by atoms with Gasteiger partial charge < -0.3 is 24.4 Å². The largest absolute Gasteiger partial charge is 0.508 e. The van der Waals surface area contributed by atoms with Gasteiger partial charge >= 0.3 is 12.2 Å². The summed E-state index contributed by atoms with van der Waals surface area (Å²) in [5.74, 6) is 0.124. The number of benzene rings is 1. The fraction of sp³-hybridized carbons (Fsp3) is 0.467. The zero-order chi connectivity index (χ0) is 28.8. The summed E-state index contributed by atoms with van der Waals surface area (Å²) in [6.07, 6.45) is 6.69. The van der Waals surface area contributed by atoms with E-state index in [1.807, 2.05) is 59.8 Å². The summed E-state index contributed by atoms with van der Waals surface area (Å²) in [6, 6.07) is 8.91. The van der Waals surface area contributed by atoms with Crippen molar-refractivity contribution in [3.05, 3.63) is 58.9 Å². The lowest BCUT2D eigenvalue weighted by Gasteiger charge is -2.29. The van der Waals surface area contributed by atoms with Gasteiger partial charge in [0, 0.05) is 38.6 Å². The van der Waals surface area contributed by atoms with Gasteiger partial charge in [-0.25, -0.2) is 9.59 Å². The number of phenolic OH excluding ortho intramolecular Hbond substituents is 1. The van der Waals surface area contributed by atoms with Gasteiger partial charge in [-0.2, -0.15) is 5.26 Å². The molecular weight excluding hydrogens is 496 g/mol. The molecule has 1 N–H and O–H groups in total. The Hall–Kier alpha value is -4.06. The molecule has 208 valence electrons. The van der Waals surface area contributed by atoms with E-state index in [9.17, 15) is 14.7 Å². The Labute approximate surface area is 230 Å². The molecule has 9 nitrogen and oxygen atoms in total. The molecule has 39 heavy (non-hydrogen) atoms. The van der Waals surface area contributed by atoms with Crippen LogP contribution in [-0.2, 0) is 16.0 Å². The Morgan fingerprint density at radius 2 is 1.77 bits per heavy atom. The Morgan fingerprint density at radius 3 is 2.44 bits per heavy atom. The second-order valence-corrected chi connectivity index (χ2v) is 11.8. The highest BCUT2D eigenvalue weighted by Crippen LogP contribution is 2.25. The third kappa shape index (κ3) is 9.64. The van der Waals surface area contributed by atoms with Crippen LogP contribution in [0.4, 0.5) is 9.59 Å². The van der Waals surface area contributed by atoms with Gasteiger partial charge in [0.1, 0.15) is 23.0 Å². The lowest BCUT2D eigenvalue weighted by atomic mass is 10.1. The van der Waals surface area contributed by atoms with Crippen molar-refractivity contribution in [2.45, 2.75) is 65.7 Å². The maximum absolute atomic E-state index is 13.2. The minimum Gasteiger partial charge on any atom is -0.508 e. The number of phenols is 1. The highest BCUT2D eigenvalue weighted by Gasteiger charge is 2.33. The van der Waals surface area contributed by atoms with E-state index in [0.717, 1.165) is 23.1 Å². The van der Waals surface area contributed by atoms with E-state index in [0.29, 0.717) is 25.2 Å². The van der Waals surface area contributed by atoms with Gasteiger partial charge in [0.2, 0.25) is 0 Å². The third-order valence-corrected chi connectivity index (χ3v) is 5.80. The van der Waals surface area contributed by atoms with Crippen molar-refractivity contribution < 1.29 is 24.2 Å². The van der Waals surface area contributed by atoms with E-state index >= 15 is 0 Å². The second kappa shape index (κ2) is 12.2. The molecule has 0 radical (unpaired) electrons. The maximum atomic E-state index is 13.2. The monoisotopic (exact) mass is 534 g/mol.